The quantitative estimate of drug-likeness (QED) is 0.705. The molecule has 1 aromatic carbocycles. The van der Waals surface area contributed by atoms with Crippen LogP contribution < -0.4 is 4.90 Å². The smallest absolute Gasteiger partial charge is 0.130 e. The number of ether oxygens (including phenoxy) is 1. The molecule has 1 fully saturated rings. The lowest BCUT2D eigenvalue weighted by atomic mass is 10.1. The zero-order chi connectivity index (χ0) is 9.54. The first-order valence-electron chi connectivity index (χ1n) is 5.01. The minimum absolute atomic E-state index is 0.330. The molecule has 0 amide bonds. The van der Waals surface area contributed by atoms with Gasteiger partial charge in [-0.1, -0.05) is 22.0 Å². The van der Waals surface area contributed by atoms with Gasteiger partial charge in [-0.3, -0.25) is 0 Å². The molecular formula is C11H12BrNO. The molecule has 0 aromatic heterocycles. The average Bonchev–Trinajstić information content (AvgIpc) is 2.65. The maximum atomic E-state index is 5.78. The Kier molecular flexibility index (Phi) is 2.03. The predicted octanol–water partition coefficient (Wildman–Crippen LogP) is 2.91. The molecule has 3 rings (SSSR count). The van der Waals surface area contributed by atoms with Gasteiger partial charge < -0.3 is 9.64 Å². The molecule has 1 saturated heterocycles. The monoisotopic (exact) mass is 253 g/mol. The molecule has 0 N–H and O–H groups in total. The number of fused-ring (bicyclic) bond motifs is 3. The van der Waals surface area contributed by atoms with Crippen molar-refractivity contribution in [1.29, 1.82) is 0 Å². The normalized spacial score (nSPS) is 24.6. The summed E-state index contributed by atoms with van der Waals surface area (Å²) in [6.07, 6.45) is 2.75. The van der Waals surface area contributed by atoms with Crippen molar-refractivity contribution in [3.8, 4) is 0 Å². The van der Waals surface area contributed by atoms with E-state index in [-0.39, 0.29) is 0 Å². The van der Waals surface area contributed by atoms with E-state index in [0.29, 0.717) is 6.23 Å². The Labute approximate surface area is 92.0 Å². The highest BCUT2D eigenvalue weighted by Gasteiger charge is 2.30. The standard InChI is InChI=1S/C11H12BrNO/c12-9-4-3-8-7-14-11-2-1-5-13(11)10(8)6-9/h3-4,6,11H,1-2,5,7H2/t11-/m1/s1. The van der Waals surface area contributed by atoms with Gasteiger partial charge in [-0.05, 0) is 25.0 Å². The van der Waals surface area contributed by atoms with E-state index in [9.17, 15) is 0 Å². The maximum Gasteiger partial charge on any atom is 0.130 e. The average molecular weight is 254 g/mol. The lowest BCUT2D eigenvalue weighted by Crippen LogP contribution is -2.35. The molecule has 0 spiro atoms. The molecule has 2 nitrogen and oxygen atoms in total. The largest absolute Gasteiger partial charge is 0.354 e. The van der Waals surface area contributed by atoms with Crippen molar-refractivity contribution in [1.82, 2.24) is 0 Å². The first kappa shape index (κ1) is 8.74. The Bertz CT molecular complexity index is 366. The SMILES string of the molecule is Brc1ccc2c(c1)N1CCC[C@H]1OC2. The van der Waals surface area contributed by atoms with Gasteiger partial charge in [-0.15, -0.1) is 0 Å². The molecule has 0 saturated carbocycles. The van der Waals surface area contributed by atoms with Gasteiger partial charge in [0.15, 0.2) is 0 Å². The fraction of sp³-hybridized carbons (Fsp3) is 0.455. The molecule has 0 unspecified atom stereocenters. The van der Waals surface area contributed by atoms with E-state index >= 15 is 0 Å². The van der Waals surface area contributed by atoms with E-state index in [1.54, 1.807) is 0 Å². The number of rotatable bonds is 0. The summed E-state index contributed by atoms with van der Waals surface area (Å²) in [5, 5.41) is 0. The molecule has 1 aromatic rings. The summed E-state index contributed by atoms with van der Waals surface area (Å²) in [4.78, 5) is 2.38. The minimum atomic E-state index is 0.330. The maximum absolute atomic E-state index is 5.78. The lowest BCUT2D eigenvalue weighted by molar-refractivity contribution is 0.0384. The Morgan fingerprint density at radius 2 is 2.36 bits per heavy atom. The Hall–Kier alpha value is -0.540. The van der Waals surface area contributed by atoms with Gasteiger partial charge in [0, 0.05) is 22.3 Å². The van der Waals surface area contributed by atoms with Crippen LogP contribution >= 0.6 is 15.9 Å². The molecule has 2 aliphatic heterocycles. The van der Waals surface area contributed by atoms with Gasteiger partial charge in [0.1, 0.15) is 6.23 Å². The first-order valence-corrected chi connectivity index (χ1v) is 5.80. The molecule has 2 aliphatic rings. The summed E-state index contributed by atoms with van der Waals surface area (Å²) in [6.45, 7) is 1.90. The summed E-state index contributed by atoms with van der Waals surface area (Å²) in [7, 11) is 0. The highest BCUT2D eigenvalue weighted by molar-refractivity contribution is 9.10. The number of hydrogen-bond acceptors (Lipinski definition) is 2. The van der Waals surface area contributed by atoms with Gasteiger partial charge in [-0.25, -0.2) is 0 Å². The molecule has 0 bridgehead atoms. The van der Waals surface area contributed by atoms with E-state index in [1.165, 1.54) is 24.1 Å². The first-order chi connectivity index (χ1) is 6.84. The van der Waals surface area contributed by atoms with Gasteiger partial charge in [0.05, 0.1) is 6.61 Å². The second-order valence-electron chi connectivity index (χ2n) is 3.87. The fourth-order valence-corrected chi connectivity index (χ4v) is 2.65. The lowest BCUT2D eigenvalue weighted by Gasteiger charge is -2.33. The van der Waals surface area contributed by atoms with Crippen LogP contribution in [0.3, 0.4) is 0 Å². The van der Waals surface area contributed by atoms with Crippen LogP contribution in [-0.4, -0.2) is 12.8 Å². The molecule has 2 heterocycles. The second kappa shape index (κ2) is 3.24. The van der Waals surface area contributed by atoms with Crippen LogP contribution in [0, 0.1) is 0 Å². The van der Waals surface area contributed by atoms with Crippen molar-refractivity contribution in [3.63, 3.8) is 0 Å². The van der Waals surface area contributed by atoms with Crippen molar-refractivity contribution in [2.45, 2.75) is 25.7 Å². The minimum Gasteiger partial charge on any atom is -0.354 e. The molecular weight excluding hydrogens is 242 g/mol. The summed E-state index contributed by atoms with van der Waals surface area (Å²) >= 11 is 3.52. The second-order valence-corrected chi connectivity index (χ2v) is 4.79. The highest BCUT2D eigenvalue weighted by atomic mass is 79.9. The summed E-state index contributed by atoms with van der Waals surface area (Å²) < 4.78 is 6.94. The van der Waals surface area contributed by atoms with Crippen molar-refractivity contribution in [3.05, 3.63) is 28.2 Å². The summed E-state index contributed by atoms with van der Waals surface area (Å²) in [6, 6.07) is 6.43. The molecule has 3 heteroatoms. The van der Waals surface area contributed by atoms with Crippen molar-refractivity contribution >= 4 is 21.6 Å². The predicted molar refractivity (Wildman–Crippen MR) is 59.3 cm³/mol. The van der Waals surface area contributed by atoms with Crippen molar-refractivity contribution in [2.24, 2.45) is 0 Å². The Morgan fingerprint density at radius 3 is 3.29 bits per heavy atom. The van der Waals surface area contributed by atoms with Gasteiger partial charge in [-0.2, -0.15) is 0 Å². The van der Waals surface area contributed by atoms with Crippen LogP contribution in [0.5, 0.6) is 0 Å². The number of nitrogens with zero attached hydrogens (tertiary/aromatic N) is 1. The number of benzene rings is 1. The van der Waals surface area contributed by atoms with E-state index in [4.69, 9.17) is 4.74 Å². The third kappa shape index (κ3) is 1.27. The van der Waals surface area contributed by atoms with E-state index in [2.05, 4.69) is 39.0 Å². The van der Waals surface area contributed by atoms with E-state index in [1.807, 2.05) is 0 Å². The zero-order valence-electron chi connectivity index (χ0n) is 7.87. The molecule has 0 aliphatic carbocycles. The third-order valence-electron chi connectivity index (χ3n) is 2.99. The van der Waals surface area contributed by atoms with Gasteiger partial charge in [0.2, 0.25) is 0 Å². The van der Waals surface area contributed by atoms with Crippen molar-refractivity contribution < 1.29 is 4.74 Å². The molecule has 0 radical (unpaired) electrons. The van der Waals surface area contributed by atoms with Crippen LogP contribution in [0.4, 0.5) is 5.69 Å². The van der Waals surface area contributed by atoms with Crippen LogP contribution in [0.25, 0.3) is 0 Å². The van der Waals surface area contributed by atoms with E-state index in [0.717, 1.165) is 17.6 Å². The Morgan fingerprint density at radius 1 is 1.43 bits per heavy atom. The molecule has 14 heavy (non-hydrogen) atoms. The Balaban J connectivity index is 2.07. The van der Waals surface area contributed by atoms with Gasteiger partial charge >= 0.3 is 0 Å². The van der Waals surface area contributed by atoms with Crippen LogP contribution in [0.15, 0.2) is 22.7 Å². The summed E-state index contributed by atoms with van der Waals surface area (Å²) in [5.74, 6) is 0. The molecule has 74 valence electrons. The number of hydrogen-bond donors (Lipinski definition) is 0. The molecule has 1 atom stereocenters. The highest BCUT2D eigenvalue weighted by Crippen LogP contribution is 2.36. The number of anilines is 1. The van der Waals surface area contributed by atoms with Crippen molar-refractivity contribution in [2.75, 3.05) is 11.4 Å². The third-order valence-corrected chi connectivity index (χ3v) is 3.48. The van der Waals surface area contributed by atoms with Crippen LogP contribution in [-0.2, 0) is 11.3 Å². The van der Waals surface area contributed by atoms with Gasteiger partial charge in [0.25, 0.3) is 0 Å². The zero-order valence-corrected chi connectivity index (χ0v) is 9.46. The van der Waals surface area contributed by atoms with E-state index < -0.39 is 0 Å². The topological polar surface area (TPSA) is 12.5 Å². The van der Waals surface area contributed by atoms with Crippen LogP contribution in [0.1, 0.15) is 18.4 Å². The fourth-order valence-electron chi connectivity index (χ4n) is 2.30. The number of halogens is 1. The summed E-state index contributed by atoms with van der Waals surface area (Å²) in [5.41, 5.74) is 2.67. The van der Waals surface area contributed by atoms with Crippen LogP contribution in [0.2, 0.25) is 0 Å².